The summed E-state index contributed by atoms with van der Waals surface area (Å²) < 4.78 is 27.0. The van der Waals surface area contributed by atoms with E-state index in [4.69, 9.17) is 0 Å². The fraction of sp³-hybridized carbons (Fsp3) is 0.500. The average Bonchev–Trinajstić information content (AvgIpc) is 3.27. The number of halogens is 2. The van der Waals surface area contributed by atoms with Crippen molar-refractivity contribution in [3.63, 3.8) is 0 Å². The maximum Gasteiger partial charge on any atom is 0.282 e. The number of fused-ring (bicyclic) bond motifs is 1. The zero-order chi connectivity index (χ0) is 19.2. The zero-order valence-electron chi connectivity index (χ0n) is 15.2. The first kappa shape index (κ1) is 18.1. The van der Waals surface area contributed by atoms with Crippen LogP contribution in [0.1, 0.15) is 47.4 Å². The second-order valence-corrected chi connectivity index (χ2v) is 7.64. The minimum atomic E-state index is -2.71. The number of aliphatic hydroxyl groups is 1. The Morgan fingerprint density at radius 3 is 2.70 bits per heavy atom. The fourth-order valence-corrected chi connectivity index (χ4v) is 4.73. The van der Waals surface area contributed by atoms with Crippen molar-refractivity contribution >= 4 is 5.91 Å². The Labute approximate surface area is 156 Å². The lowest BCUT2D eigenvalue weighted by Gasteiger charge is -2.41. The van der Waals surface area contributed by atoms with Gasteiger partial charge in [-0.1, -0.05) is 30.3 Å². The SMILES string of the molecule is Cn1nc(C(F)F)cc1C(=O)N1C[C@@H]2CCC[C@@](O)(c3ccccc3)[C@@H]2C1. The Hall–Kier alpha value is -2.28. The molecule has 27 heavy (non-hydrogen) atoms. The molecule has 0 unspecified atom stereocenters. The summed E-state index contributed by atoms with van der Waals surface area (Å²) in [4.78, 5) is 14.6. The summed E-state index contributed by atoms with van der Waals surface area (Å²) >= 11 is 0. The van der Waals surface area contributed by atoms with Gasteiger partial charge in [0.25, 0.3) is 12.3 Å². The van der Waals surface area contributed by atoms with E-state index in [1.54, 1.807) is 4.90 Å². The van der Waals surface area contributed by atoms with Crippen LogP contribution in [0.3, 0.4) is 0 Å². The summed E-state index contributed by atoms with van der Waals surface area (Å²) in [6.07, 6.45) is -0.184. The van der Waals surface area contributed by atoms with Gasteiger partial charge in [0.1, 0.15) is 11.4 Å². The molecule has 1 saturated heterocycles. The number of hydrogen-bond acceptors (Lipinski definition) is 3. The van der Waals surface area contributed by atoms with Crippen LogP contribution in [0.4, 0.5) is 8.78 Å². The molecule has 2 heterocycles. The van der Waals surface area contributed by atoms with Crippen molar-refractivity contribution in [1.29, 1.82) is 0 Å². The van der Waals surface area contributed by atoms with E-state index in [0.29, 0.717) is 19.5 Å². The molecule has 4 rings (SSSR count). The highest BCUT2D eigenvalue weighted by atomic mass is 19.3. The Morgan fingerprint density at radius 1 is 1.30 bits per heavy atom. The first-order valence-electron chi connectivity index (χ1n) is 9.29. The summed E-state index contributed by atoms with van der Waals surface area (Å²) in [6.45, 7) is 0.956. The number of aromatic nitrogens is 2. The molecule has 3 atom stereocenters. The molecule has 7 heteroatoms. The molecular formula is C20H23F2N3O2. The van der Waals surface area contributed by atoms with E-state index in [2.05, 4.69) is 5.10 Å². The van der Waals surface area contributed by atoms with Gasteiger partial charge in [0.2, 0.25) is 0 Å². The number of aryl methyl sites for hydroxylation is 1. The Morgan fingerprint density at radius 2 is 2.04 bits per heavy atom. The lowest BCUT2D eigenvalue weighted by atomic mass is 9.67. The maximum atomic E-state index is 12.9. The second kappa shape index (κ2) is 6.71. The molecule has 5 nitrogen and oxygen atoms in total. The van der Waals surface area contributed by atoms with Crippen LogP contribution < -0.4 is 0 Å². The van der Waals surface area contributed by atoms with Crippen molar-refractivity contribution in [2.45, 2.75) is 31.3 Å². The molecule has 2 fully saturated rings. The van der Waals surface area contributed by atoms with Gasteiger partial charge in [0, 0.05) is 26.1 Å². The van der Waals surface area contributed by atoms with E-state index in [1.807, 2.05) is 30.3 Å². The summed E-state index contributed by atoms with van der Waals surface area (Å²) in [6, 6.07) is 10.8. The third kappa shape index (κ3) is 3.04. The second-order valence-electron chi connectivity index (χ2n) is 7.64. The first-order chi connectivity index (χ1) is 12.9. The highest BCUT2D eigenvalue weighted by molar-refractivity contribution is 5.93. The number of amides is 1. The summed E-state index contributed by atoms with van der Waals surface area (Å²) in [5, 5.41) is 15.2. The standard InChI is InChI=1S/C20H23F2N3O2/c1-24-17(10-16(23-24)18(21)22)19(26)25-11-13-6-5-9-20(27,15(13)12-25)14-7-3-2-4-8-14/h2-4,7-8,10,13,15,18,27H,5-6,9,11-12H2,1H3/t13-,15+,20+/m0/s1. The molecule has 1 N–H and O–H groups in total. The molecule has 1 aromatic heterocycles. The van der Waals surface area contributed by atoms with Crippen LogP contribution in [0.2, 0.25) is 0 Å². The van der Waals surface area contributed by atoms with Crippen molar-refractivity contribution in [3.8, 4) is 0 Å². The van der Waals surface area contributed by atoms with Gasteiger partial charge in [-0.25, -0.2) is 8.78 Å². The highest BCUT2D eigenvalue weighted by Crippen LogP contribution is 2.48. The zero-order valence-corrected chi connectivity index (χ0v) is 15.2. The Kier molecular flexibility index (Phi) is 4.50. The molecule has 1 saturated carbocycles. The summed E-state index contributed by atoms with van der Waals surface area (Å²) in [7, 11) is 1.50. The molecule has 2 aromatic rings. The third-order valence-electron chi connectivity index (χ3n) is 6.09. The van der Waals surface area contributed by atoms with E-state index < -0.39 is 17.7 Å². The number of benzene rings is 1. The van der Waals surface area contributed by atoms with E-state index in [1.165, 1.54) is 17.8 Å². The number of alkyl halides is 2. The number of nitrogens with zero attached hydrogens (tertiary/aromatic N) is 3. The molecule has 1 aliphatic carbocycles. The molecule has 144 valence electrons. The van der Waals surface area contributed by atoms with E-state index in [0.717, 1.165) is 18.4 Å². The average molecular weight is 375 g/mol. The monoisotopic (exact) mass is 375 g/mol. The van der Waals surface area contributed by atoms with Crippen LogP contribution in [-0.2, 0) is 12.6 Å². The fourth-order valence-electron chi connectivity index (χ4n) is 4.73. The maximum absolute atomic E-state index is 12.9. The van der Waals surface area contributed by atoms with E-state index in [-0.39, 0.29) is 23.4 Å². The van der Waals surface area contributed by atoms with Gasteiger partial charge in [-0.3, -0.25) is 9.48 Å². The number of rotatable bonds is 3. The first-order valence-corrected chi connectivity index (χ1v) is 9.29. The number of carbonyl (C=O) groups is 1. The number of carbonyl (C=O) groups excluding carboxylic acids is 1. The van der Waals surface area contributed by atoms with Crippen molar-refractivity contribution in [2.24, 2.45) is 18.9 Å². The molecular weight excluding hydrogens is 352 g/mol. The van der Waals surface area contributed by atoms with Gasteiger partial charge in [-0.2, -0.15) is 5.10 Å². The smallest absolute Gasteiger partial charge is 0.282 e. The largest absolute Gasteiger partial charge is 0.385 e. The van der Waals surface area contributed by atoms with Gasteiger partial charge < -0.3 is 10.0 Å². The predicted molar refractivity (Wildman–Crippen MR) is 95.2 cm³/mol. The quantitative estimate of drug-likeness (QED) is 0.897. The highest BCUT2D eigenvalue weighted by Gasteiger charge is 2.50. The van der Waals surface area contributed by atoms with Gasteiger partial charge in [-0.15, -0.1) is 0 Å². The van der Waals surface area contributed by atoms with Crippen LogP contribution in [0.5, 0.6) is 0 Å². The van der Waals surface area contributed by atoms with Crippen LogP contribution in [0.15, 0.2) is 36.4 Å². The van der Waals surface area contributed by atoms with Gasteiger partial charge in [0.05, 0.1) is 5.60 Å². The number of hydrogen-bond donors (Lipinski definition) is 1. The minimum absolute atomic E-state index is 0.0552. The predicted octanol–water partition coefficient (Wildman–Crippen LogP) is 3.12. The molecule has 1 amide bonds. The van der Waals surface area contributed by atoms with Gasteiger partial charge in [0.15, 0.2) is 0 Å². The van der Waals surface area contributed by atoms with Crippen molar-refractivity contribution in [1.82, 2.24) is 14.7 Å². The molecule has 1 aromatic carbocycles. The lowest BCUT2D eigenvalue weighted by molar-refractivity contribution is -0.0644. The molecule has 0 spiro atoms. The van der Waals surface area contributed by atoms with Crippen LogP contribution in [0, 0.1) is 11.8 Å². The van der Waals surface area contributed by atoms with Gasteiger partial charge in [-0.05, 0) is 36.8 Å². The van der Waals surface area contributed by atoms with Crippen LogP contribution >= 0.6 is 0 Å². The third-order valence-corrected chi connectivity index (χ3v) is 6.09. The van der Waals surface area contributed by atoms with Crippen LogP contribution in [-0.4, -0.2) is 38.8 Å². The van der Waals surface area contributed by atoms with E-state index in [9.17, 15) is 18.7 Å². The van der Waals surface area contributed by atoms with Crippen molar-refractivity contribution in [3.05, 3.63) is 53.3 Å². The van der Waals surface area contributed by atoms with Gasteiger partial charge >= 0.3 is 0 Å². The number of likely N-dealkylation sites (tertiary alicyclic amines) is 1. The molecule has 0 bridgehead atoms. The van der Waals surface area contributed by atoms with E-state index >= 15 is 0 Å². The minimum Gasteiger partial charge on any atom is -0.385 e. The normalized spacial score (nSPS) is 27.8. The summed E-state index contributed by atoms with van der Waals surface area (Å²) in [5.41, 5.74) is -0.306. The molecule has 1 aliphatic heterocycles. The molecule has 0 radical (unpaired) electrons. The van der Waals surface area contributed by atoms with Crippen LogP contribution in [0.25, 0.3) is 0 Å². The van der Waals surface area contributed by atoms with Crippen molar-refractivity contribution < 1.29 is 18.7 Å². The Bertz CT molecular complexity index is 839. The molecule has 2 aliphatic rings. The topological polar surface area (TPSA) is 58.4 Å². The lowest BCUT2D eigenvalue weighted by Crippen LogP contribution is -2.43. The Balaban J connectivity index is 1.59. The van der Waals surface area contributed by atoms with Crippen molar-refractivity contribution in [2.75, 3.05) is 13.1 Å². The summed E-state index contributed by atoms with van der Waals surface area (Å²) in [5.74, 6) is -0.155.